The van der Waals surface area contributed by atoms with Crippen molar-refractivity contribution < 1.29 is 9.84 Å². The maximum Gasteiger partial charge on any atom is 0.0897 e. The van der Waals surface area contributed by atoms with Gasteiger partial charge in [-0.1, -0.05) is 23.7 Å². The predicted octanol–water partition coefficient (Wildman–Crippen LogP) is 1.90. The van der Waals surface area contributed by atoms with Gasteiger partial charge in [-0.25, -0.2) is 0 Å². The molecule has 2 N–H and O–H groups in total. The number of ether oxygens (including phenoxy) is 1. The second-order valence-corrected chi connectivity index (χ2v) is 5.98. The second kappa shape index (κ2) is 9.38. The summed E-state index contributed by atoms with van der Waals surface area (Å²) in [6, 6.07) is 7.55. The fraction of sp³-hybridized carbons (Fsp3) is 0.625. The number of nitrogens with one attached hydrogen (secondary N) is 1. The van der Waals surface area contributed by atoms with Gasteiger partial charge in [0.15, 0.2) is 0 Å². The Kier molecular flexibility index (Phi) is 7.47. The summed E-state index contributed by atoms with van der Waals surface area (Å²) in [6.07, 6.45) is 2.18. The van der Waals surface area contributed by atoms with Crippen molar-refractivity contribution >= 4 is 11.6 Å². The SMILES string of the molecule is OC(CNCCN1CCCC1)COCc1ccc(Cl)cc1. The normalized spacial score (nSPS) is 17.2. The van der Waals surface area contributed by atoms with Crippen LogP contribution in [-0.4, -0.2) is 55.4 Å². The van der Waals surface area contributed by atoms with Gasteiger partial charge in [0.2, 0.25) is 0 Å². The average Bonchev–Trinajstić information content (AvgIpc) is 2.99. The van der Waals surface area contributed by atoms with Crippen molar-refractivity contribution in [2.75, 3.05) is 39.3 Å². The summed E-state index contributed by atoms with van der Waals surface area (Å²) >= 11 is 5.82. The molecule has 118 valence electrons. The van der Waals surface area contributed by atoms with E-state index in [1.807, 2.05) is 24.3 Å². The zero-order valence-corrected chi connectivity index (χ0v) is 13.2. The van der Waals surface area contributed by atoms with Crippen LogP contribution in [0.5, 0.6) is 0 Å². The summed E-state index contributed by atoms with van der Waals surface area (Å²) < 4.78 is 5.51. The van der Waals surface area contributed by atoms with Gasteiger partial charge in [-0.2, -0.15) is 0 Å². The number of aliphatic hydroxyl groups excluding tert-OH is 1. The van der Waals surface area contributed by atoms with Crippen LogP contribution in [0, 0.1) is 0 Å². The van der Waals surface area contributed by atoms with Crippen LogP contribution in [0.4, 0.5) is 0 Å². The minimum Gasteiger partial charge on any atom is -0.389 e. The van der Waals surface area contributed by atoms with Gasteiger partial charge in [-0.3, -0.25) is 0 Å². The molecule has 5 heteroatoms. The van der Waals surface area contributed by atoms with Gasteiger partial charge in [0.25, 0.3) is 0 Å². The lowest BCUT2D eigenvalue weighted by Gasteiger charge is -2.16. The van der Waals surface area contributed by atoms with Crippen molar-refractivity contribution in [3.8, 4) is 0 Å². The van der Waals surface area contributed by atoms with E-state index in [1.165, 1.54) is 25.9 Å². The Balaban J connectivity index is 1.49. The zero-order valence-electron chi connectivity index (χ0n) is 12.4. The van der Waals surface area contributed by atoms with Crippen LogP contribution < -0.4 is 5.32 Å². The van der Waals surface area contributed by atoms with Gasteiger partial charge in [0, 0.05) is 24.7 Å². The number of nitrogens with zero attached hydrogens (tertiary/aromatic N) is 1. The summed E-state index contributed by atoms with van der Waals surface area (Å²) in [5.74, 6) is 0. The molecule has 0 saturated carbocycles. The van der Waals surface area contributed by atoms with Gasteiger partial charge in [-0.15, -0.1) is 0 Å². The van der Waals surface area contributed by atoms with Gasteiger partial charge in [0.05, 0.1) is 19.3 Å². The minimum absolute atomic E-state index is 0.347. The lowest BCUT2D eigenvalue weighted by atomic mass is 10.2. The molecule has 4 nitrogen and oxygen atoms in total. The second-order valence-electron chi connectivity index (χ2n) is 5.55. The molecule has 1 aromatic carbocycles. The molecule has 1 aromatic rings. The molecule has 0 spiro atoms. The van der Waals surface area contributed by atoms with Gasteiger partial charge >= 0.3 is 0 Å². The minimum atomic E-state index is -0.462. The Labute approximate surface area is 132 Å². The highest BCUT2D eigenvalue weighted by Gasteiger charge is 2.10. The molecule has 0 radical (unpaired) electrons. The first-order valence-electron chi connectivity index (χ1n) is 7.67. The van der Waals surface area contributed by atoms with Gasteiger partial charge in [0.1, 0.15) is 0 Å². The Morgan fingerprint density at radius 1 is 1.24 bits per heavy atom. The molecule has 1 unspecified atom stereocenters. The molecule has 0 aromatic heterocycles. The van der Waals surface area contributed by atoms with Crippen LogP contribution in [0.15, 0.2) is 24.3 Å². The zero-order chi connectivity index (χ0) is 14.9. The highest BCUT2D eigenvalue weighted by molar-refractivity contribution is 6.30. The van der Waals surface area contributed by atoms with Crippen LogP contribution in [-0.2, 0) is 11.3 Å². The number of likely N-dealkylation sites (tertiary alicyclic amines) is 1. The van der Waals surface area contributed by atoms with E-state index in [1.54, 1.807) is 0 Å². The lowest BCUT2D eigenvalue weighted by Crippen LogP contribution is -2.35. The highest BCUT2D eigenvalue weighted by Crippen LogP contribution is 2.10. The Morgan fingerprint density at radius 3 is 2.67 bits per heavy atom. The monoisotopic (exact) mass is 312 g/mol. The number of hydrogen-bond donors (Lipinski definition) is 2. The summed E-state index contributed by atoms with van der Waals surface area (Å²) in [5, 5.41) is 13.8. The van der Waals surface area contributed by atoms with Crippen molar-refractivity contribution in [3.63, 3.8) is 0 Å². The van der Waals surface area contributed by atoms with E-state index < -0.39 is 6.10 Å². The molecular formula is C16H25ClN2O2. The van der Waals surface area contributed by atoms with E-state index in [0.29, 0.717) is 19.8 Å². The van der Waals surface area contributed by atoms with Gasteiger partial charge < -0.3 is 20.1 Å². The Hall–Kier alpha value is -0.650. The van der Waals surface area contributed by atoms with E-state index in [-0.39, 0.29) is 0 Å². The van der Waals surface area contributed by atoms with Crippen molar-refractivity contribution in [1.82, 2.24) is 10.2 Å². The number of hydrogen-bond acceptors (Lipinski definition) is 4. The fourth-order valence-electron chi connectivity index (χ4n) is 2.46. The van der Waals surface area contributed by atoms with Crippen LogP contribution in [0.25, 0.3) is 0 Å². The molecule has 1 heterocycles. The maximum atomic E-state index is 9.84. The van der Waals surface area contributed by atoms with E-state index >= 15 is 0 Å². The smallest absolute Gasteiger partial charge is 0.0897 e. The molecule has 1 atom stereocenters. The molecule has 0 aliphatic carbocycles. The average molecular weight is 313 g/mol. The molecule has 21 heavy (non-hydrogen) atoms. The van der Waals surface area contributed by atoms with Crippen LogP contribution in [0.3, 0.4) is 0 Å². The first-order chi connectivity index (χ1) is 10.2. The molecule has 1 aliphatic rings. The van der Waals surface area contributed by atoms with E-state index in [0.717, 1.165) is 23.7 Å². The number of aliphatic hydroxyl groups is 1. The number of rotatable bonds is 9. The third-order valence-electron chi connectivity index (χ3n) is 3.68. The first kappa shape index (κ1) is 16.7. The third kappa shape index (κ3) is 6.76. The van der Waals surface area contributed by atoms with E-state index in [2.05, 4.69) is 10.2 Å². The summed E-state index contributed by atoms with van der Waals surface area (Å²) in [7, 11) is 0. The van der Waals surface area contributed by atoms with Crippen molar-refractivity contribution in [1.29, 1.82) is 0 Å². The largest absolute Gasteiger partial charge is 0.389 e. The molecule has 0 bridgehead atoms. The summed E-state index contributed by atoms with van der Waals surface area (Å²) in [6.45, 7) is 5.85. The van der Waals surface area contributed by atoms with Gasteiger partial charge in [-0.05, 0) is 43.6 Å². The van der Waals surface area contributed by atoms with E-state index in [4.69, 9.17) is 16.3 Å². The third-order valence-corrected chi connectivity index (χ3v) is 3.93. The molecule has 0 amide bonds. The Morgan fingerprint density at radius 2 is 1.95 bits per heavy atom. The van der Waals surface area contributed by atoms with Crippen molar-refractivity contribution in [2.24, 2.45) is 0 Å². The molecule has 2 rings (SSSR count). The predicted molar refractivity (Wildman–Crippen MR) is 85.7 cm³/mol. The quantitative estimate of drug-likeness (QED) is 0.684. The molecular weight excluding hydrogens is 288 g/mol. The number of benzene rings is 1. The molecule has 1 saturated heterocycles. The maximum absolute atomic E-state index is 9.84. The van der Waals surface area contributed by atoms with Crippen LogP contribution >= 0.6 is 11.6 Å². The fourth-order valence-corrected chi connectivity index (χ4v) is 2.59. The van der Waals surface area contributed by atoms with Crippen LogP contribution in [0.2, 0.25) is 5.02 Å². The topological polar surface area (TPSA) is 44.7 Å². The highest BCUT2D eigenvalue weighted by atomic mass is 35.5. The molecule has 1 fully saturated rings. The van der Waals surface area contributed by atoms with E-state index in [9.17, 15) is 5.11 Å². The Bertz CT molecular complexity index is 394. The van der Waals surface area contributed by atoms with Crippen molar-refractivity contribution in [2.45, 2.75) is 25.6 Å². The molecule has 1 aliphatic heterocycles. The van der Waals surface area contributed by atoms with Crippen LogP contribution in [0.1, 0.15) is 18.4 Å². The van der Waals surface area contributed by atoms with Crippen molar-refractivity contribution in [3.05, 3.63) is 34.9 Å². The summed E-state index contributed by atoms with van der Waals surface area (Å²) in [4.78, 5) is 2.45. The summed E-state index contributed by atoms with van der Waals surface area (Å²) in [5.41, 5.74) is 1.06. The first-order valence-corrected chi connectivity index (χ1v) is 8.05. The number of halogens is 1. The lowest BCUT2D eigenvalue weighted by molar-refractivity contribution is 0.0287. The standard InChI is InChI=1S/C16H25ClN2O2/c17-15-5-3-14(4-6-15)12-21-13-16(20)11-18-7-10-19-8-1-2-9-19/h3-6,16,18,20H,1-2,7-13H2.